The maximum Gasteiger partial charge on any atom is 0.248 e. The highest BCUT2D eigenvalue weighted by Crippen LogP contribution is 2.14. The number of hydrogen-bond acceptors (Lipinski definition) is 4. The maximum absolute atomic E-state index is 11.6. The number of phenols is 2. The summed E-state index contributed by atoms with van der Waals surface area (Å²) >= 11 is 0. The number of benzene rings is 2. The van der Waals surface area contributed by atoms with Gasteiger partial charge < -0.3 is 20.8 Å². The lowest BCUT2D eigenvalue weighted by Gasteiger charge is -2.03. The number of amides is 2. The molecule has 0 unspecified atom stereocenters. The second-order valence-electron chi connectivity index (χ2n) is 4.41. The molecule has 0 aliphatic carbocycles. The molecule has 2 amide bonds. The predicted octanol–water partition coefficient (Wildman–Crippen LogP) is 2.23. The van der Waals surface area contributed by atoms with Crippen LogP contribution in [-0.4, -0.2) is 22.0 Å². The van der Waals surface area contributed by atoms with Crippen LogP contribution in [0.4, 0.5) is 11.4 Å². The van der Waals surface area contributed by atoms with Crippen LogP contribution < -0.4 is 10.6 Å². The molecule has 4 N–H and O–H groups in total. The summed E-state index contributed by atoms with van der Waals surface area (Å²) in [6, 6.07) is 11.9. The van der Waals surface area contributed by atoms with Crippen molar-refractivity contribution in [1.82, 2.24) is 0 Å². The first kappa shape index (κ1) is 15.1. The molecule has 0 aromatic heterocycles. The molecule has 22 heavy (non-hydrogen) atoms. The highest BCUT2D eigenvalue weighted by atomic mass is 16.3. The number of hydrogen-bond donors (Lipinski definition) is 4. The molecule has 0 aliphatic heterocycles. The van der Waals surface area contributed by atoms with E-state index < -0.39 is 11.8 Å². The number of carbonyl (C=O) groups is 2. The third-order valence-electron chi connectivity index (χ3n) is 2.66. The Kier molecular flexibility index (Phi) is 4.77. The van der Waals surface area contributed by atoms with Crippen molar-refractivity contribution < 1.29 is 19.8 Å². The molecule has 0 heterocycles. The van der Waals surface area contributed by atoms with Crippen LogP contribution in [0.5, 0.6) is 11.5 Å². The Labute approximate surface area is 126 Å². The van der Waals surface area contributed by atoms with E-state index in [1.54, 1.807) is 0 Å². The maximum atomic E-state index is 11.6. The van der Waals surface area contributed by atoms with Crippen LogP contribution in [0.3, 0.4) is 0 Å². The van der Waals surface area contributed by atoms with Crippen molar-refractivity contribution in [1.29, 1.82) is 0 Å². The van der Waals surface area contributed by atoms with Crippen LogP contribution in [-0.2, 0) is 9.59 Å². The first-order valence-corrected chi connectivity index (χ1v) is 6.41. The second kappa shape index (κ2) is 6.94. The van der Waals surface area contributed by atoms with Crippen LogP contribution in [0, 0.1) is 0 Å². The van der Waals surface area contributed by atoms with Gasteiger partial charge in [-0.1, -0.05) is 0 Å². The van der Waals surface area contributed by atoms with E-state index in [-0.39, 0.29) is 11.5 Å². The molecule has 6 heteroatoms. The van der Waals surface area contributed by atoms with E-state index in [0.717, 1.165) is 12.2 Å². The first-order chi connectivity index (χ1) is 10.5. The number of phenolic OH excluding ortho intramolecular Hbond substituents is 2. The van der Waals surface area contributed by atoms with Gasteiger partial charge in [-0.15, -0.1) is 0 Å². The third-order valence-corrected chi connectivity index (χ3v) is 2.66. The Balaban J connectivity index is 1.87. The van der Waals surface area contributed by atoms with Gasteiger partial charge in [0, 0.05) is 23.5 Å². The zero-order valence-electron chi connectivity index (χ0n) is 11.5. The standard InChI is InChI=1S/C16H14N2O4/c19-13-5-1-11(2-6-13)17-15(21)9-10-16(22)18-12-3-7-14(20)8-4-12/h1-10,19-20H,(H,17,21)(H,18,22). The molecule has 0 aliphatic rings. The van der Waals surface area contributed by atoms with Crippen LogP contribution in [0.25, 0.3) is 0 Å². The van der Waals surface area contributed by atoms with Gasteiger partial charge >= 0.3 is 0 Å². The molecule has 0 saturated carbocycles. The second-order valence-corrected chi connectivity index (χ2v) is 4.41. The lowest BCUT2D eigenvalue weighted by molar-refractivity contribution is -0.114. The van der Waals surface area contributed by atoms with Gasteiger partial charge in [0.15, 0.2) is 0 Å². The van der Waals surface area contributed by atoms with E-state index in [2.05, 4.69) is 10.6 Å². The Morgan fingerprint density at radius 3 is 1.32 bits per heavy atom. The fourth-order valence-corrected chi connectivity index (χ4v) is 1.61. The molecule has 2 rings (SSSR count). The first-order valence-electron chi connectivity index (χ1n) is 6.41. The average molecular weight is 298 g/mol. The number of rotatable bonds is 4. The summed E-state index contributed by atoms with van der Waals surface area (Å²) in [4.78, 5) is 23.3. The number of anilines is 2. The molecule has 6 nitrogen and oxygen atoms in total. The molecule has 0 spiro atoms. The smallest absolute Gasteiger partial charge is 0.248 e. The van der Waals surface area contributed by atoms with Crippen molar-refractivity contribution in [3.05, 3.63) is 60.7 Å². The molecule has 0 fully saturated rings. The summed E-state index contributed by atoms with van der Waals surface area (Å²) in [7, 11) is 0. The normalized spacial score (nSPS) is 10.4. The molecule has 2 aromatic carbocycles. The van der Waals surface area contributed by atoms with Crippen LogP contribution >= 0.6 is 0 Å². The van der Waals surface area contributed by atoms with Gasteiger partial charge in [0.25, 0.3) is 0 Å². The van der Waals surface area contributed by atoms with Crippen molar-refractivity contribution in [2.45, 2.75) is 0 Å². The van der Waals surface area contributed by atoms with Crippen LogP contribution in [0.15, 0.2) is 60.7 Å². The monoisotopic (exact) mass is 298 g/mol. The zero-order valence-corrected chi connectivity index (χ0v) is 11.5. The van der Waals surface area contributed by atoms with Crippen molar-refractivity contribution in [2.75, 3.05) is 10.6 Å². The number of nitrogens with one attached hydrogen (secondary N) is 2. The fraction of sp³-hybridized carbons (Fsp3) is 0. The SMILES string of the molecule is O=C(C=CC(=O)Nc1ccc(O)cc1)Nc1ccc(O)cc1. The van der Waals surface area contributed by atoms with Gasteiger partial charge in [-0.25, -0.2) is 0 Å². The summed E-state index contributed by atoms with van der Waals surface area (Å²) in [5.41, 5.74) is 1.01. The summed E-state index contributed by atoms with van der Waals surface area (Å²) in [5, 5.41) is 23.3. The van der Waals surface area contributed by atoms with Crippen LogP contribution in [0.1, 0.15) is 0 Å². The molecule has 0 saturated heterocycles. The van der Waals surface area contributed by atoms with Crippen molar-refractivity contribution in [2.24, 2.45) is 0 Å². The van der Waals surface area contributed by atoms with Gasteiger partial charge in [-0.2, -0.15) is 0 Å². The fourth-order valence-electron chi connectivity index (χ4n) is 1.61. The molecule has 2 aromatic rings. The summed E-state index contributed by atoms with van der Waals surface area (Å²) in [6.07, 6.45) is 2.20. The van der Waals surface area contributed by atoms with Gasteiger partial charge in [-0.3, -0.25) is 9.59 Å². The summed E-state index contributed by atoms with van der Waals surface area (Å²) < 4.78 is 0. The van der Waals surface area contributed by atoms with Gasteiger partial charge in [-0.05, 0) is 48.5 Å². The van der Waals surface area contributed by atoms with Gasteiger partial charge in [0.2, 0.25) is 11.8 Å². The molecule has 0 bridgehead atoms. The number of aromatic hydroxyl groups is 2. The van der Waals surface area contributed by atoms with Crippen molar-refractivity contribution in [3.63, 3.8) is 0 Å². The minimum Gasteiger partial charge on any atom is -0.508 e. The molecular formula is C16H14N2O4. The van der Waals surface area contributed by atoms with E-state index in [1.165, 1.54) is 48.5 Å². The summed E-state index contributed by atoms with van der Waals surface area (Å²) in [6.45, 7) is 0. The molecular weight excluding hydrogens is 284 g/mol. The zero-order chi connectivity index (χ0) is 15.9. The largest absolute Gasteiger partial charge is 0.508 e. The van der Waals surface area contributed by atoms with Crippen LogP contribution in [0.2, 0.25) is 0 Å². The Morgan fingerprint density at radius 1 is 0.682 bits per heavy atom. The highest BCUT2D eigenvalue weighted by molar-refractivity contribution is 6.06. The van der Waals surface area contributed by atoms with Crippen molar-refractivity contribution >= 4 is 23.2 Å². The van der Waals surface area contributed by atoms with E-state index in [0.29, 0.717) is 11.4 Å². The van der Waals surface area contributed by atoms with E-state index in [1.807, 2.05) is 0 Å². The minimum atomic E-state index is -0.466. The third kappa shape index (κ3) is 4.68. The van der Waals surface area contributed by atoms with Gasteiger partial charge in [0.05, 0.1) is 0 Å². The molecule has 112 valence electrons. The van der Waals surface area contributed by atoms with Gasteiger partial charge in [0.1, 0.15) is 11.5 Å². The Hall–Kier alpha value is -3.28. The quantitative estimate of drug-likeness (QED) is 0.514. The molecule has 0 atom stereocenters. The highest BCUT2D eigenvalue weighted by Gasteiger charge is 2.01. The minimum absolute atomic E-state index is 0.0989. The Bertz CT molecular complexity index is 630. The average Bonchev–Trinajstić information content (AvgIpc) is 2.50. The molecule has 0 radical (unpaired) electrons. The lowest BCUT2D eigenvalue weighted by Crippen LogP contribution is -2.11. The number of carbonyl (C=O) groups excluding carboxylic acids is 2. The Morgan fingerprint density at radius 2 is 1.00 bits per heavy atom. The lowest BCUT2D eigenvalue weighted by atomic mass is 10.3. The van der Waals surface area contributed by atoms with Crippen molar-refractivity contribution in [3.8, 4) is 11.5 Å². The van der Waals surface area contributed by atoms with E-state index in [9.17, 15) is 9.59 Å². The topological polar surface area (TPSA) is 98.7 Å². The predicted molar refractivity (Wildman–Crippen MR) is 82.6 cm³/mol. The van der Waals surface area contributed by atoms with E-state index in [4.69, 9.17) is 10.2 Å². The van der Waals surface area contributed by atoms with E-state index >= 15 is 0 Å². The summed E-state index contributed by atoms with van der Waals surface area (Å²) in [5.74, 6) is -0.735.